The number of carbonyl (C=O) groups excluding carboxylic acids is 1. The van der Waals surface area contributed by atoms with Gasteiger partial charge >= 0.3 is 0 Å². The van der Waals surface area contributed by atoms with Gasteiger partial charge in [0.25, 0.3) is 5.91 Å². The van der Waals surface area contributed by atoms with E-state index in [1.807, 2.05) is 54.6 Å². The van der Waals surface area contributed by atoms with Gasteiger partial charge < -0.3 is 5.32 Å². The molecule has 0 aromatic heterocycles. The number of benzene rings is 2. The van der Waals surface area contributed by atoms with Gasteiger partial charge in [-0.15, -0.1) is 6.58 Å². The number of allylic oxidation sites excluding steroid dienone is 1. The molecule has 2 nitrogen and oxygen atoms in total. The van der Waals surface area contributed by atoms with Gasteiger partial charge in [0.2, 0.25) is 0 Å². The summed E-state index contributed by atoms with van der Waals surface area (Å²) in [4.78, 5) is 11.9. The van der Waals surface area contributed by atoms with E-state index in [0.29, 0.717) is 12.1 Å². The molecule has 1 N–H and O–H groups in total. The summed E-state index contributed by atoms with van der Waals surface area (Å²) in [5.74, 6) is 0.244. The van der Waals surface area contributed by atoms with Crippen molar-refractivity contribution < 1.29 is 4.79 Å². The predicted molar refractivity (Wildman–Crippen MR) is 82.8 cm³/mol. The second-order valence-corrected chi connectivity index (χ2v) is 4.66. The second-order valence-electron chi connectivity index (χ2n) is 4.66. The van der Waals surface area contributed by atoms with Crippen molar-refractivity contribution in [2.45, 2.75) is 12.3 Å². The molecule has 0 spiro atoms. The van der Waals surface area contributed by atoms with Crippen molar-refractivity contribution >= 4 is 5.91 Å². The van der Waals surface area contributed by atoms with Crippen LogP contribution >= 0.6 is 0 Å². The van der Waals surface area contributed by atoms with Crippen molar-refractivity contribution in [3.63, 3.8) is 0 Å². The average molecular weight is 265 g/mol. The van der Waals surface area contributed by atoms with E-state index in [-0.39, 0.29) is 11.8 Å². The van der Waals surface area contributed by atoms with Crippen LogP contribution < -0.4 is 5.32 Å². The molecule has 1 atom stereocenters. The highest BCUT2D eigenvalue weighted by molar-refractivity contribution is 5.94. The quantitative estimate of drug-likeness (QED) is 0.791. The molecule has 0 saturated carbocycles. The van der Waals surface area contributed by atoms with E-state index in [1.165, 1.54) is 5.56 Å². The van der Waals surface area contributed by atoms with Crippen LogP contribution in [0.2, 0.25) is 0 Å². The van der Waals surface area contributed by atoms with Gasteiger partial charge in [-0.25, -0.2) is 0 Å². The fourth-order valence-electron chi connectivity index (χ4n) is 2.15. The molecule has 20 heavy (non-hydrogen) atoms. The summed E-state index contributed by atoms with van der Waals surface area (Å²) >= 11 is 0. The van der Waals surface area contributed by atoms with Crippen molar-refractivity contribution in [2.24, 2.45) is 0 Å². The fraction of sp³-hybridized carbons (Fsp3) is 0.167. The molecule has 2 aromatic carbocycles. The van der Waals surface area contributed by atoms with E-state index in [4.69, 9.17) is 0 Å². The van der Waals surface area contributed by atoms with Gasteiger partial charge in [0, 0.05) is 18.0 Å². The van der Waals surface area contributed by atoms with Gasteiger partial charge in [0.05, 0.1) is 0 Å². The Morgan fingerprint density at radius 1 is 1.05 bits per heavy atom. The molecular weight excluding hydrogens is 246 g/mol. The maximum Gasteiger partial charge on any atom is 0.251 e. The highest BCUT2D eigenvalue weighted by Gasteiger charge is 2.08. The molecule has 0 fully saturated rings. The van der Waals surface area contributed by atoms with Gasteiger partial charge in [-0.05, 0) is 24.1 Å². The highest BCUT2D eigenvalue weighted by atomic mass is 16.1. The standard InChI is InChI=1S/C18H19NO/c1-2-15(16-9-5-3-6-10-16)13-14-19-18(20)17-11-7-4-8-12-17/h2-12,15H,1,13-14H2,(H,19,20)/t15-/m1/s1. The zero-order valence-corrected chi connectivity index (χ0v) is 11.5. The van der Waals surface area contributed by atoms with Crippen LogP contribution in [0.5, 0.6) is 0 Å². The summed E-state index contributed by atoms with van der Waals surface area (Å²) in [7, 11) is 0. The summed E-state index contributed by atoms with van der Waals surface area (Å²) in [6.07, 6.45) is 2.79. The maximum absolute atomic E-state index is 11.9. The van der Waals surface area contributed by atoms with E-state index >= 15 is 0 Å². The first-order valence-electron chi connectivity index (χ1n) is 6.82. The number of nitrogens with one attached hydrogen (secondary N) is 1. The molecular formula is C18H19NO. The van der Waals surface area contributed by atoms with Gasteiger partial charge in [0.1, 0.15) is 0 Å². The number of rotatable bonds is 6. The van der Waals surface area contributed by atoms with E-state index in [1.54, 1.807) is 0 Å². The number of hydrogen-bond donors (Lipinski definition) is 1. The van der Waals surface area contributed by atoms with Crippen LogP contribution in [0.1, 0.15) is 28.3 Å². The lowest BCUT2D eigenvalue weighted by molar-refractivity contribution is 0.0953. The Labute approximate surface area is 120 Å². The van der Waals surface area contributed by atoms with Gasteiger partial charge in [-0.2, -0.15) is 0 Å². The highest BCUT2D eigenvalue weighted by Crippen LogP contribution is 2.19. The Morgan fingerprint density at radius 2 is 1.65 bits per heavy atom. The third-order valence-electron chi connectivity index (χ3n) is 3.29. The third kappa shape index (κ3) is 3.82. The van der Waals surface area contributed by atoms with Crippen molar-refractivity contribution in [3.05, 3.63) is 84.4 Å². The molecule has 0 radical (unpaired) electrons. The summed E-state index contributed by atoms with van der Waals surface area (Å²) in [5, 5.41) is 2.95. The molecule has 102 valence electrons. The Morgan fingerprint density at radius 3 is 2.25 bits per heavy atom. The fourth-order valence-corrected chi connectivity index (χ4v) is 2.15. The molecule has 2 aromatic rings. The van der Waals surface area contributed by atoms with Crippen LogP contribution in [0.25, 0.3) is 0 Å². The molecule has 2 rings (SSSR count). The summed E-state index contributed by atoms with van der Waals surface area (Å²) in [6, 6.07) is 19.5. The average Bonchev–Trinajstić information content (AvgIpc) is 2.53. The molecule has 0 saturated heterocycles. The van der Waals surface area contributed by atoms with Gasteiger partial charge in [0.15, 0.2) is 0 Å². The zero-order valence-electron chi connectivity index (χ0n) is 11.5. The summed E-state index contributed by atoms with van der Waals surface area (Å²) < 4.78 is 0. The van der Waals surface area contributed by atoms with Crippen LogP contribution in [0.3, 0.4) is 0 Å². The van der Waals surface area contributed by atoms with E-state index in [0.717, 1.165) is 6.42 Å². The third-order valence-corrected chi connectivity index (χ3v) is 3.29. The largest absolute Gasteiger partial charge is 0.352 e. The van der Waals surface area contributed by atoms with Crippen molar-refractivity contribution in [1.82, 2.24) is 5.32 Å². The molecule has 0 unspecified atom stereocenters. The topological polar surface area (TPSA) is 29.1 Å². The normalized spacial score (nSPS) is 11.6. The number of hydrogen-bond acceptors (Lipinski definition) is 1. The smallest absolute Gasteiger partial charge is 0.251 e. The monoisotopic (exact) mass is 265 g/mol. The molecule has 0 aliphatic carbocycles. The first kappa shape index (κ1) is 14.1. The van der Waals surface area contributed by atoms with E-state index < -0.39 is 0 Å². The van der Waals surface area contributed by atoms with E-state index in [9.17, 15) is 4.79 Å². The molecule has 2 heteroatoms. The molecule has 0 aliphatic heterocycles. The zero-order chi connectivity index (χ0) is 14.2. The minimum Gasteiger partial charge on any atom is -0.352 e. The predicted octanol–water partition coefficient (Wildman–Crippen LogP) is 3.78. The SMILES string of the molecule is C=C[C@H](CCNC(=O)c1ccccc1)c1ccccc1. The first-order chi connectivity index (χ1) is 9.81. The Bertz CT molecular complexity index is 548. The minimum absolute atomic E-state index is 0.0264. The molecule has 0 bridgehead atoms. The Hall–Kier alpha value is -2.35. The minimum atomic E-state index is -0.0264. The first-order valence-corrected chi connectivity index (χ1v) is 6.82. The maximum atomic E-state index is 11.9. The van der Waals surface area contributed by atoms with Crippen LogP contribution in [-0.4, -0.2) is 12.5 Å². The van der Waals surface area contributed by atoms with Crippen LogP contribution in [0, 0.1) is 0 Å². The summed E-state index contributed by atoms with van der Waals surface area (Å²) in [5.41, 5.74) is 1.93. The Balaban J connectivity index is 1.86. The van der Waals surface area contributed by atoms with Crippen LogP contribution in [0.4, 0.5) is 0 Å². The van der Waals surface area contributed by atoms with Gasteiger partial charge in [-0.1, -0.05) is 54.6 Å². The molecule has 0 heterocycles. The Kier molecular flexibility index (Phi) is 5.13. The van der Waals surface area contributed by atoms with Crippen LogP contribution in [0.15, 0.2) is 73.3 Å². The lowest BCUT2D eigenvalue weighted by atomic mass is 9.96. The van der Waals surface area contributed by atoms with Crippen molar-refractivity contribution in [3.8, 4) is 0 Å². The summed E-state index contributed by atoms with van der Waals surface area (Å²) in [6.45, 7) is 4.52. The molecule has 0 aliphatic rings. The molecule has 1 amide bonds. The van der Waals surface area contributed by atoms with E-state index in [2.05, 4.69) is 24.0 Å². The van der Waals surface area contributed by atoms with Crippen LogP contribution in [-0.2, 0) is 0 Å². The number of carbonyl (C=O) groups is 1. The van der Waals surface area contributed by atoms with Crippen molar-refractivity contribution in [1.29, 1.82) is 0 Å². The number of amides is 1. The lowest BCUT2D eigenvalue weighted by Crippen LogP contribution is -2.25. The second kappa shape index (κ2) is 7.29. The lowest BCUT2D eigenvalue weighted by Gasteiger charge is -2.13. The van der Waals surface area contributed by atoms with Gasteiger partial charge in [-0.3, -0.25) is 4.79 Å². The van der Waals surface area contributed by atoms with Crippen molar-refractivity contribution in [2.75, 3.05) is 6.54 Å².